The van der Waals surface area contributed by atoms with Crippen LogP contribution in [0.15, 0.2) is 78.9 Å². The number of hydrogen-bond donors (Lipinski definition) is 2. The molecule has 4 rings (SSSR count). The molecule has 1 aliphatic heterocycles. The fraction of sp³-hybridized carbons (Fsp3) is 0.310. The van der Waals surface area contributed by atoms with Gasteiger partial charge >= 0.3 is 0 Å². The molecule has 0 aliphatic carbocycles. The average molecular weight is 472 g/mol. The van der Waals surface area contributed by atoms with Crippen molar-refractivity contribution in [3.05, 3.63) is 90.0 Å². The number of carbonyl (C=O) groups excluding carboxylic acids is 2. The van der Waals surface area contributed by atoms with E-state index in [-0.39, 0.29) is 18.4 Å². The molecule has 35 heavy (non-hydrogen) atoms. The van der Waals surface area contributed by atoms with Crippen LogP contribution in [0.4, 0.5) is 11.4 Å². The summed E-state index contributed by atoms with van der Waals surface area (Å²) < 4.78 is 5.81. The maximum atomic E-state index is 12.7. The summed E-state index contributed by atoms with van der Waals surface area (Å²) in [5, 5.41) is 6.00. The molecule has 3 aromatic rings. The van der Waals surface area contributed by atoms with Crippen LogP contribution in [0.5, 0.6) is 5.75 Å². The Kier molecular flexibility index (Phi) is 8.76. The topological polar surface area (TPSA) is 70.7 Å². The number of nitrogens with one attached hydrogen (secondary N) is 2. The average Bonchev–Trinajstić information content (AvgIpc) is 3.19. The van der Waals surface area contributed by atoms with Crippen LogP contribution in [-0.4, -0.2) is 43.0 Å². The van der Waals surface area contributed by atoms with Crippen molar-refractivity contribution in [2.24, 2.45) is 0 Å². The standard InChI is InChI=1S/C29H33N3O3/c33-28(31-26-12-10-24(11-13-26)29(34)32-19-6-1-2-7-20-32)22-30-25-14-16-27(17-15-25)35-21-18-23-8-4-3-5-9-23/h3-5,8-17,30H,1-2,6-7,18-22H2,(H,31,33). The SMILES string of the molecule is O=C(CNc1ccc(OCCc2ccccc2)cc1)Nc1ccc(C(=O)N2CCCCCC2)cc1. The van der Waals surface area contributed by atoms with Crippen molar-refractivity contribution < 1.29 is 14.3 Å². The minimum Gasteiger partial charge on any atom is -0.493 e. The van der Waals surface area contributed by atoms with Crippen molar-refractivity contribution >= 4 is 23.2 Å². The Morgan fingerprint density at radius 3 is 2.11 bits per heavy atom. The highest BCUT2D eigenvalue weighted by Gasteiger charge is 2.17. The van der Waals surface area contributed by atoms with Gasteiger partial charge in [0.25, 0.3) is 5.91 Å². The van der Waals surface area contributed by atoms with E-state index in [1.54, 1.807) is 24.3 Å². The van der Waals surface area contributed by atoms with Crippen LogP contribution in [0, 0.1) is 0 Å². The molecular formula is C29H33N3O3. The number of nitrogens with zero attached hydrogens (tertiary/aromatic N) is 1. The van der Waals surface area contributed by atoms with E-state index in [1.165, 1.54) is 18.4 Å². The summed E-state index contributed by atoms with van der Waals surface area (Å²) in [6, 6.07) is 25.0. The first-order valence-corrected chi connectivity index (χ1v) is 12.4. The summed E-state index contributed by atoms with van der Waals surface area (Å²) in [4.78, 5) is 27.0. The van der Waals surface area contributed by atoms with Crippen LogP contribution < -0.4 is 15.4 Å². The summed E-state index contributed by atoms with van der Waals surface area (Å²) in [7, 11) is 0. The maximum absolute atomic E-state index is 12.7. The molecule has 0 radical (unpaired) electrons. The van der Waals surface area contributed by atoms with Crippen LogP contribution in [0.3, 0.4) is 0 Å². The van der Waals surface area contributed by atoms with Gasteiger partial charge in [0.1, 0.15) is 5.75 Å². The molecule has 1 saturated heterocycles. The van der Waals surface area contributed by atoms with Gasteiger partial charge in [-0.2, -0.15) is 0 Å². The summed E-state index contributed by atoms with van der Waals surface area (Å²) in [6.07, 6.45) is 5.37. The van der Waals surface area contributed by atoms with Crippen molar-refractivity contribution in [1.82, 2.24) is 4.90 Å². The first-order chi connectivity index (χ1) is 17.2. The van der Waals surface area contributed by atoms with E-state index in [4.69, 9.17) is 4.74 Å². The number of rotatable bonds is 9. The third kappa shape index (κ3) is 7.60. The largest absolute Gasteiger partial charge is 0.493 e. The zero-order valence-electron chi connectivity index (χ0n) is 20.0. The van der Waals surface area contributed by atoms with Crippen molar-refractivity contribution in [3.8, 4) is 5.75 Å². The van der Waals surface area contributed by atoms with Crippen LogP contribution in [0.25, 0.3) is 0 Å². The molecule has 3 aromatic carbocycles. The number of likely N-dealkylation sites (tertiary alicyclic amines) is 1. The van der Waals surface area contributed by atoms with Gasteiger partial charge < -0.3 is 20.3 Å². The van der Waals surface area contributed by atoms with Crippen molar-refractivity contribution in [3.63, 3.8) is 0 Å². The normalized spacial score (nSPS) is 13.5. The lowest BCUT2D eigenvalue weighted by atomic mass is 10.1. The van der Waals surface area contributed by atoms with E-state index >= 15 is 0 Å². The zero-order valence-corrected chi connectivity index (χ0v) is 20.0. The van der Waals surface area contributed by atoms with Gasteiger partial charge in [0.05, 0.1) is 13.2 Å². The highest BCUT2D eigenvalue weighted by molar-refractivity contribution is 5.96. The first kappa shape index (κ1) is 24.3. The third-order valence-corrected chi connectivity index (χ3v) is 6.12. The molecule has 6 heteroatoms. The first-order valence-electron chi connectivity index (χ1n) is 12.4. The molecule has 182 valence electrons. The molecule has 0 saturated carbocycles. The van der Waals surface area contributed by atoms with Gasteiger partial charge in [0.2, 0.25) is 5.91 Å². The van der Waals surface area contributed by atoms with Crippen molar-refractivity contribution in [1.29, 1.82) is 0 Å². The number of benzene rings is 3. The third-order valence-electron chi connectivity index (χ3n) is 6.12. The quantitative estimate of drug-likeness (QED) is 0.440. The lowest BCUT2D eigenvalue weighted by Crippen LogP contribution is -2.31. The van der Waals surface area contributed by atoms with E-state index in [1.807, 2.05) is 47.4 Å². The van der Waals surface area contributed by atoms with E-state index < -0.39 is 0 Å². The highest BCUT2D eigenvalue weighted by Crippen LogP contribution is 2.17. The Morgan fingerprint density at radius 1 is 0.771 bits per heavy atom. The van der Waals surface area contributed by atoms with Gasteiger partial charge in [-0.05, 0) is 66.9 Å². The molecule has 0 spiro atoms. The molecule has 6 nitrogen and oxygen atoms in total. The number of ether oxygens (including phenoxy) is 1. The van der Waals surface area contributed by atoms with E-state index in [2.05, 4.69) is 22.8 Å². The molecule has 1 aliphatic rings. The van der Waals surface area contributed by atoms with E-state index in [0.29, 0.717) is 17.9 Å². The summed E-state index contributed by atoms with van der Waals surface area (Å²) in [5.74, 6) is 0.712. The lowest BCUT2D eigenvalue weighted by Gasteiger charge is -2.20. The Hall–Kier alpha value is -3.80. The fourth-order valence-corrected chi connectivity index (χ4v) is 4.14. The smallest absolute Gasteiger partial charge is 0.253 e. The van der Waals surface area contributed by atoms with Crippen LogP contribution in [0.2, 0.25) is 0 Å². The number of anilines is 2. The molecular weight excluding hydrogens is 438 g/mol. The predicted octanol–water partition coefficient (Wildman–Crippen LogP) is 5.37. The fourth-order valence-electron chi connectivity index (χ4n) is 4.14. The van der Waals surface area contributed by atoms with Crippen molar-refractivity contribution in [2.45, 2.75) is 32.1 Å². The molecule has 0 bridgehead atoms. The van der Waals surface area contributed by atoms with Gasteiger partial charge in [0.15, 0.2) is 0 Å². The van der Waals surface area contributed by atoms with Crippen LogP contribution in [-0.2, 0) is 11.2 Å². The summed E-state index contributed by atoms with van der Waals surface area (Å²) in [6.45, 7) is 2.40. The Balaban J connectivity index is 1.19. The van der Waals surface area contributed by atoms with Gasteiger partial charge in [0, 0.05) is 36.4 Å². The predicted molar refractivity (Wildman–Crippen MR) is 140 cm³/mol. The Bertz CT molecular complexity index is 1070. The summed E-state index contributed by atoms with van der Waals surface area (Å²) in [5.41, 5.74) is 3.42. The van der Waals surface area contributed by atoms with Crippen LogP contribution in [0.1, 0.15) is 41.6 Å². The Labute approximate surface area is 207 Å². The molecule has 2 N–H and O–H groups in total. The molecule has 1 fully saturated rings. The highest BCUT2D eigenvalue weighted by atomic mass is 16.5. The number of amides is 2. The second-order valence-electron chi connectivity index (χ2n) is 8.79. The summed E-state index contributed by atoms with van der Waals surface area (Å²) >= 11 is 0. The van der Waals surface area contributed by atoms with Gasteiger partial charge in [-0.25, -0.2) is 0 Å². The van der Waals surface area contributed by atoms with Crippen LogP contribution >= 0.6 is 0 Å². The zero-order chi connectivity index (χ0) is 24.3. The molecule has 1 heterocycles. The monoisotopic (exact) mass is 471 g/mol. The second kappa shape index (κ2) is 12.6. The molecule has 2 amide bonds. The number of carbonyl (C=O) groups is 2. The van der Waals surface area contributed by atoms with Crippen molar-refractivity contribution in [2.75, 3.05) is 36.9 Å². The second-order valence-corrected chi connectivity index (χ2v) is 8.79. The van der Waals surface area contributed by atoms with Gasteiger partial charge in [-0.3, -0.25) is 9.59 Å². The van der Waals surface area contributed by atoms with Gasteiger partial charge in [-0.15, -0.1) is 0 Å². The molecule has 0 unspecified atom stereocenters. The Morgan fingerprint density at radius 2 is 1.43 bits per heavy atom. The lowest BCUT2D eigenvalue weighted by molar-refractivity contribution is -0.114. The van der Waals surface area contributed by atoms with E-state index in [0.717, 1.165) is 43.8 Å². The minimum atomic E-state index is -0.153. The number of hydrogen-bond acceptors (Lipinski definition) is 4. The minimum absolute atomic E-state index is 0.0685. The maximum Gasteiger partial charge on any atom is 0.253 e. The van der Waals surface area contributed by atoms with Gasteiger partial charge in [-0.1, -0.05) is 43.2 Å². The van der Waals surface area contributed by atoms with E-state index in [9.17, 15) is 9.59 Å². The molecule has 0 aromatic heterocycles. The molecule has 0 atom stereocenters.